The van der Waals surface area contributed by atoms with Crippen LogP contribution in [0.3, 0.4) is 0 Å². The van der Waals surface area contributed by atoms with Crippen LogP contribution in [0, 0.1) is 5.92 Å². The quantitative estimate of drug-likeness (QED) is 0.233. The van der Waals surface area contributed by atoms with Gasteiger partial charge in [-0.25, -0.2) is 18.5 Å². The maximum atomic E-state index is 14.6. The number of aromatic nitrogens is 6. The minimum absolute atomic E-state index is 0.187. The second-order valence-electron chi connectivity index (χ2n) is 10.5. The van der Waals surface area contributed by atoms with Crippen LogP contribution >= 0.6 is 23.2 Å². The van der Waals surface area contributed by atoms with Gasteiger partial charge in [0.15, 0.2) is 11.4 Å². The molecule has 2 bridgehead atoms. The summed E-state index contributed by atoms with van der Waals surface area (Å²) in [7, 11) is 0. The van der Waals surface area contributed by atoms with E-state index in [1.54, 1.807) is 48.7 Å². The van der Waals surface area contributed by atoms with Crippen LogP contribution in [-0.2, 0) is 4.79 Å². The molecule has 1 aliphatic rings. The number of alkyl halides is 1. The van der Waals surface area contributed by atoms with Crippen LogP contribution in [0.1, 0.15) is 56.6 Å². The molecular formula is C30H26Cl2FN7O3. The minimum atomic E-state index is -1.44. The Labute approximate surface area is 255 Å². The largest absolute Gasteiger partial charge is 0.422 e. The highest BCUT2D eigenvalue weighted by Gasteiger charge is 2.26. The molecule has 1 amide bonds. The number of benzene rings is 1. The molecule has 4 aromatic heterocycles. The van der Waals surface area contributed by atoms with Crippen molar-refractivity contribution in [3.8, 4) is 28.3 Å². The summed E-state index contributed by atoms with van der Waals surface area (Å²) in [5.41, 5.74) is 3.01. The van der Waals surface area contributed by atoms with Crippen LogP contribution in [0.5, 0.6) is 0 Å². The highest BCUT2D eigenvalue weighted by molar-refractivity contribution is 6.31. The van der Waals surface area contributed by atoms with Crippen molar-refractivity contribution in [1.29, 1.82) is 0 Å². The Hall–Kier alpha value is -4.35. The summed E-state index contributed by atoms with van der Waals surface area (Å²) in [6.07, 6.45) is 4.89. The van der Waals surface area contributed by atoms with Gasteiger partial charge in [-0.15, -0.1) is 5.10 Å². The van der Waals surface area contributed by atoms with Gasteiger partial charge >= 0.3 is 5.63 Å². The number of hydrogen-bond acceptors (Lipinski definition) is 7. The summed E-state index contributed by atoms with van der Waals surface area (Å²) in [6, 6.07) is 12.0. The minimum Gasteiger partial charge on any atom is -0.422 e. The Morgan fingerprint density at radius 3 is 2.70 bits per heavy atom. The van der Waals surface area contributed by atoms with Gasteiger partial charge in [-0.2, -0.15) is 5.10 Å². The molecule has 10 nitrogen and oxygen atoms in total. The third-order valence-electron chi connectivity index (χ3n) is 7.54. The molecule has 0 saturated heterocycles. The third kappa shape index (κ3) is 5.70. The second kappa shape index (κ2) is 11.7. The molecule has 0 saturated carbocycles. The molecule has 6 rings (SSSR count). The van der Waals surface area contributed by atoms with Crippen molar-refractivity contribution >= 4 is 34.8 Å². The van der Waals surface area contributed by atoms with Gasteiger partial charge in [0.1, 0.15) is 5.76 Å². The number of pyridine rings is 1. The van der Waals surface area contributed by atoms with Crippen LogP contribution in [0.2, 0.25) is 10.2 Å². The number of carbonyl (C=O) groups is 1. The normalized spacial score (nSPS) is 17.8. The molecule has 5 heterocycles. The number of anilines is 1. The summed E-state index contributed by atoms with van der Waals surface area (Å²) in [5, 5.41) is 15.6. The Kier molecular flexibility index (Phi) is 7.85. The van der Waals surface area contributed by atoms with Crippen LogP contribution in [0.4, 0.5) is 10.1 Å². The SMILES string of the molecule is CC(F)n1ncc2c1-c1ccnc(c1)[C@@H](c1ccc(-c3cc(Cl)ccc3-n3cc(Cl)nn3)oc1=O)CCC[C@H](C)C(=O)N2. The van der Waals surface area contributed by atoms with Gasteiger partial charge < -0.3 is 9.73 Å². The lowest BCUT2D eigenvalue weighted by molar-refractivity contribution is -0.119. The first kappa shape index (κ1) is 28.8. The summed E-state index contributed by atoms with van der Waals surface area (Å²) >= 11 is 12.3. The number of fused-ring (bicyclic) bond motifs is 4. The predicted molar refractivity (Wildman–Crippen MR) is 160 cm³/mol. The van der Waals surface area contributed by atoms with Crippen molar-refractivity contribution in [3.63, 3.8) is 0 Å². The van der Waals surface area contributed by atoms with Gasteiger partial charge in [-0.3, -0.25) is 9.78 Å². The lowest BCUT2D eigenvalue weighted by atomic mass is 9.88. The van der Waals surface area contributed by atoms with Crippen molar-refractivity contribution in [2.24, 2.45) is 5.92 Å². The molecule has 0 radical (unpaired) electrons. The number of hydrogen-bond donors (Lipinski definition) is 1. The zero-order valence-electron chi connectivity index (χ0n) is 23.2. The zero-order valence-corrected chi connectivity index (χ0v) is 24.7. The molecular weight excluding hydrogens is 596 g/mol. The van der Waals surface area contributed by atoms with Gasteiger partial charge in [0, 0.05) is 45.4 Å². The van der Waals surface area contributed by atoms with Crippen molar-refractivity contribution in [1.82, 2.24) is 29.8 Å². The van der Waals surface area contributed by atoms with E-state index in [4.69, 9.17) is 27.6 Å². The predicted octanol–water partition coefficient (Wildman–Crippen LogP) is 6.83. The van der Waals surface area contributed by atoms with Crippen molar-refractivity contribution < 1.29 is 13.6 Å². The van der Waals surface area contributed by atoms with Crippen LogP contribution in [-0.4, -0.2) is 35.7 Å². The third-order valence-corrected chi connectivity index (χ3v) is 7.95. The number of nitrogens with zero attached hydrogens (tertiary/aromatic N) is 6. The number of amides is 1. The number of nitrogens with one attached hydrogen (secondary N) is 1. The van der Waals surface area contributed by atoms with Crippen LogP contribution in [0.25, 0.3) is 28.3 Å². The summed E-state index contributed by atoms with van der Waals surface area (Å²) in [5.74, 6) is -0.678. The molecule has 13 heteroatoms. The van der Waals surface area contributed by atoms with Gasteiger partial charge in [0.05, 0.1) is 29.5 Å². The molecule has 0 spiro atoms. The molecule has 1 N–H and O–H groups in total. The van der Waals surface area contributed by atoms with Crippen molar-refractivity contribution in [2.75, 3.05) is 5.32 Å². The Balaban J connectivity index is 1.45. The second-order valence-corrected chi connectivity index (χ2v) is 11.3. The van der Waals surface area contributed by atoms with E-state index >= 15 is 0 Å². The summed E-state index contributed by atoms with van der Waals surface area (Å²) < 4.78 is 23.2. The van der Waals surface area contributed by atoms with E-state index in [0.717, 1.165) is 0 Å². The molecule has 220 valence electrons. The van der Waals surface area contributed by atoms with Gasteiger partial charge in [0.25, 0.3) is 0 Å². The van der Waals surface area contributed by atoms with Crippen molar-refractivity contribution in [3.05, 3.63) is 92.9 Å². The van der Waals surface area contributed by atoms with E-state index in [0.29, 0.717) is 63.7 Å². The monoisotopic (exact) mass is 621 g/mol. The fraction of sp³-hybridized carbons (Fsp3) is 0.267. The topological polar surface area (TPSA) is 121 Å². The van der Waals surface area contributed by atoms with Gasteiger partial charge in [0.2, 0.25) is 5.91 Å². The number of carbonyl (C=O) groups excluding carboxylic acids is 1. The van der Waals surface area contributed by atoms with E-state index in [9.17, 15) is 14.0 Å². The van der Waals surface area contributed by atoms with E-state index in [-0.39, 0.29) is 22.7 Å². The molecule has 3 atom stereocenters. The summed E-state index contributed by atoms with van der Waals surface area (Å²) in [6.45, 7) is 3.21. The lowest BCUT2D eigenvalue weighted by Gasteiger charge is -2.20. The van der Waals surface area contributed by atoms with Gasteiger partial charge in [-0.05, 0) is 62.2 Å². The average Bonchev–Trinajstić information content (AvgIpc) is 3.61. The Morgan fingerprint density at radius 1 is 1.12 bits per heavy atom. The zero-order chi connectivity index (χ0) is 30.2. The maximum absolute atomic E-state index is 14.6. The Morgan fingerprint density at radius 2 is 1.95 bits per heavy atom. The lowest BCUT2D eigenvalue weighted by Crippen LogP contribution is -2.22. The molecule has 1 unspecified atom stereocenters. The van der Waals surface area contributed by atoms with Crippen LogP contribution in [0.15, 0.2) is 70.3 Å². The Bertz CT molecular complexity index is 1880. The highest BCUT2D eigenvalue weighted by Crippen LogP contribution is 2.36. The van der Waals surface area contributed by atoms with E-state index in [2.05, 4.69) is 25.7 Å². The fourth-order valence-electron chi connectivity index (χ4n) is 5.37. The first-order valence-corrected chi connectivity index (χ1v) is 14.5. The molecule has 1 aromatic carbocycles. The standard InChI is InChI=1S/C30H26Cl2FN7O3/c1-16-4-3-5-20(23-12-18(10-11-34-23)28-24(36-29(16)41)14-35-40(28)17(2)33)21-7-9-26(43-30(21)42)22-13-19(31)6-8-25(22)39-15-27(32)37-38-39/h6-17,20H,3-5H2,1-2H3,(H,36,41)/t16-,17?,20+/m0/s1. The average molecular weight is 622 g/mol. The van der Waals surface area contributed by atoms with E-state index < -0.39 is 17.8 Å². The van der Waals surface area contributed by atoms with E-state index in [1.807, 2.05) is 6.92 Å². The maximum Gasteiger partial charge on any atom is 0.340 e. The van der Waals surface area contributed by atoms with E-state index in [1.165, 1.54) is 28.7 Å². The molecule has 5 aromatic rings. The van der Waals surface area contributed by atoms with Crippen LogP contribution < -0.4 is 10.9 Å². The fourth-order valence-corrected chi connectivity index (χ4v) is 5.67. The summed E-state index contributed by atoms with van der Waals surface area (Å²) in [4.78, 5) is 31.2. The molecule has 0 fully saturated rings. The molecule has 43 heavy (non-hydrogen) atoms. The molecule has 1 aliphatic heterocycles. The molecule has 0 aliphatic carbocycles. The number of halogens is 3. The first-order valence-electron chi connectivity index (χ1n) is 13.7. The van der Waals surface area contributed by atoms with Gasteiger partial charge in [-0.1, -0.05) is 41.8 Å². The number of rotatable bonds is 4. The smallest absolute Gasteiger partial charge is 0.340 e. The first-order chi connectivity index (χ1) is 20.7. The highest BCUT2D eigenvalue weighted by atomic mass is 35.5. The van der Waals surface area contributed by atoms with Crippen molar-refractivity contribution in [2.45, 2.75) is 45.3 Å².